The summed E-state index contributed by atoms with van der Waals surface area (Å²) in [5, 5.41) is 1.92. The topological polar surface area (TPSA) is 29.1 Å². The predicted octanol–water partition coefficient (Wildman–Crippen LogP) is 0.972. The summed E-state index contributed by atoms with van der Waals surface area (Å²) in [6.07, 6.45) is -5.80. The van der Waals surface area contributed by atoms with E-state index in [0.29, 0.717) is 0 Å². The molecule has 0 aromatic rings. The molecule has 0 spiro atoms. The molecular weight excluding hydrogens is 185 g/mol. The lowest BCUT2D eigenvalue weighted by Crippen LogP contribution is -2.47. The lowest BCUT2D eigenvalue weighted by molar-refractivity contribution is -0.268. The molecule has 0 rings (SSSR count). The third-order valence-electron chi connectivity index (χ3n) is 1.04. The van der Waals surface area contributed by atoms with Crippen molar-refractivity contribution < 1.29 is 26.7 Å². The van der Waals surface area contributed by atoms with E-state index in [1.807, 2.05) is 5.32 Å². The Hall–Kier alpha value is -0.720. The van der Waals surface area contributed by atoms with Gasteiger partial charge in [0, 0.05) is 0 Å². The van der Waals surface area contributed by atoms with Crippen molar-refractivity contribution >= 4 is 5.78 Å². The summed E-state index contributed by atoms with van der Waals surface area (Å²) >= 11 is 0. The number of rotatable bonds is 3. The first-order chi connectivity index (χ1) is 5.23. The van der Waals surface area contributed by atoms with E-state index < -0.39 is 24.4 Å². The SMILES string of the molecule is CNCC(=O)C(F)(F)C(F)(F)F. The normalized spacial score (nSPS) is 13.2. The highest BCUT2D eigenvalue weighted by Crippen LogP contribution is 2.35. The molecule has 12 heavy (non-hydrogen) atoms. The zero-order chi connectivity index (χ0) is 9.99. The molecule has 2 nitrogen and oxygen atoms in total. The van der Waals surface area contributed by atoms with Crippen LogP contribution in [0.2, 0.25) is 0 Å². The standard InChI is InChI=1S/C5H6F5NO/c1-11-2-3(12)4(6,7)5(8,9)10/h11H,2H2,1H3. The summed E-state index contributed by atoms with van der Waals surface area (Å²) in [5.41, 5.74) is 0. The first-order valence-corrected chi connectivity index (χ1v) is 2.86. The first-order valence-electron chi connectivity index (χ1n) is 2.86. The van der Waals surface area contributed by atoms with Gasteiger partial charge in [0.2, 0.25) is 5.78 Å². The Balaban J connectivity index is 4.50. The molecule has 0 radical (unpaired) electrons. The molecule has 0 aromatic heterocycles. The molecule has 0 aliphatic heterocycles. The molecule has 1 N–H and O–H groups in total. The van der Waals surface area contributed by atoms with Gasteiger partial charge in [-0.15, -0.1) is 0 Å². The van der Waals surface area contributed by atoms with E-state index in [9.17, 15) is 26.7 Å². The predicted molar refractivity (Wildman–Crippen MR) is 29.9 cm³/mol. The fourth-order valence-corrected chi connectivity index (χ4v) is 0.430. The van der Waals surface area contributed by atoms with Crippen LogP contribution in [0.4, 0.5) is 22.0 Å². The van der Waals surface area contributed by atoms with E-state index in [2.05, 4.69) is 0 Å². The number of carbonyl (C=O) groups excluding carboxylic acids is 1. The molecule has 0 aliphatic rings. The molecule has 0 bridgehead atoms. The third kappa shape index (κ3) is 2.13. The molecule has 72 valence electrons. The molecule has 0 aromatic carbocycles. The van der Waals surface area contributed by atoms with Crippen LogP contribution in [0.1, 0.15) is 0 Å². The van der Waals surface area contributed by atoms with Crippen molar-refractivity contribution in [2.24, 2.45) is 0 Å². The van der Waals surface area contributed by atoms with Gasteiger partial charge < -0.3 is 5.32 Å². The summed E-state index contributed by atoms with van der Waals surface area (Å²) in [6, 6.07) is 0. The van der Waals surface area contributed by atoms with Gasteiger partial charge in [0.05, 0.1) is 6.54 Å². The molecule has 0 heterocycles. The Morgan fingerprint density at radius 3 is 1.92 bits per heavy atom. The van der Waals surface area contributed by atoms with Crippen LogP contribution < -0.4 is 5.32 Å². The number of alkyl halides is 5. The molecule has 0 aliphatic carbocycles. The summed E-state index contributed by atoms with van der Waals surface area (Å²) in [6.45, 7) is -1.01. The second-order valence-electron chi connectivity index (χ2n) is 2.03. The minimum absolute atomic E-state index is 1.01. The zero-order valence-electron chi connectivity index (χ0n) is 6.01. The van der Waals surface area contributed by atoms with Crippen LogP contribution in [0.3, 0.4) is 0 Å². The Kier molecular flexibility index (Phi) is 3.14. The van der Waals surface area contributed by atoms with Gasteiger partial charge in [-0.05, 0) is 7.05 Å². The molecule has 0 atom stereocenters. The molecule has 0 fully saturated rings. The number of halogens is 5. The number of nitrogens with one attached hydrogen (secondary N) is 1. The minimum Gasteiger partial charge on any atom is -0.313 e. The van der Waals surface area contributed by atoms with Crippen LogP contribution in [0.15, 0.2) is 0 Å². The van der Waals surface area contributed by atoms with Crippen molar-refractivity contribution in [3.05, 3.63) is 0 Å². The summed E-state index contributed by atoms with van der Waals surface area (Å²) < 4.78 is 58.2. The fraction of sp³-hybridized carbons (Fsp3) is 0.800. The lowest BCUT2D eigenvalue weighted by Gasteiger charge is -2.17. The van der Waals surface area contributed by atoms with E-state index in [0.717, 1.165) is 7.05 Å². The second-order valence-corrected chi connectivity index (χ2v) is 2.03. The Morgan fingerprint density at radius 2 is 1.67 bits per heavy atom. The van der Waals surface area contributed by atoms with E-state index in [-0.39, 0.29) is 0 Å². The van der Waals surface area contributed by atoms with Gasteiger partial charge in [0.15, 0.2) is 0 Å². The maximum Gasteiger partial charge on any atom is 0.461 e. The quantitative estimate of drug-likeness (QED) is 0.673. The fourth-order valence-electron chi connectivity index (χ4n) is 0.430. The van der Waals surface area contributed by atoms with Gasteiger partial charge in [-0.25, -0.2) is 0 Å². The van der Waals surface area contributed by atoms with Crippen LogP contribution in [0.5, 0.6) is 0 Å². The van der Waals surface area contributed by atoms with Crippen molar-refractivity contribution in [1.82, 2.24) is 5.32 Å². The van der Waals surface area contributed by atoms with Crippen molar-refractivity contribution in [3.8, 4) is 0 Å². The van der Waals surface area contributed by atoms with E-state index in [4.69, 9.17) is 0 Å². The van der Waals surface area contributed by atoms with Crippen molar-refractivity contribution in [3.63, 3.8) is 0 Å². The highest BCUT2D eigenvalue weighted by atomic mass is 19.4. The number of ketones is 1. The monoisotopic (exact) mass is 191 g/mol. The summed E-state index contributed by atoms with van der Waals surface area (Å²) in [5.74, 6) is -7.44. The average Bonchev–Trinajstić information content (AvgIpc) is 1.85. The second kappa shape index (κ2) is 3.34. The highest BCUT2D eigenvalue weighted by Gasteiger charge is 2.62. The lowest BCUT2D eigenvalue weighted by atomic mass is 10.2. The Bertz CT molecular complexity index is 175. The number of Topliss-reactive ketones (excluding diaryl/α,β-unsaturated/α-hetero) is 1. The number of hydrogen-bond acceptors (Lipinski definition) is 2. The van der Waals surface area contributed by atoms with Gasteiger partial charge in [0.25, 0.3) is 0 Å². The third-order valence-corrected chi connectivity index (χ3v) is 1.04. The molecule has 7 heteroatoms. The van der Waals surface area contributed by atoms with Crippen LogP contribution in [-0.4, -0.2) is 31.5 Å². The van der Waals surface area contributed by atoms with Gasteiger partial charge in [-0.3, -0.25) is 4.79 Å². The highest BCUT2D eigenvalue weighted by molar-refractivity contribution is 5.88. The zero-order valence-corrected chi connectivity index (χ0v) is 6.01. The van der Waals surface area contributed by atoms with Crippen LogP contribution in [-0.2, 0) is 4.79 Å². The van der Waals surface area contributed by atoms with Crippen LogP contribution in [0, 0.1) is 0 Å². The number of likely N-dealkylation sites (N-methyl/N-ethyl adjacent to an activating group) is 1. The van der Waals surface area contributed by atoms with Crippen molar-refractivity contribution in [2.45, 2.75) is 12.1 Å². The van der Waals surface area contributed by atoms with Crippen molar-refractivity contribution in [2.75, 3.05) is 13.6 Å². The van der Waals surface area contributed by atoms with E-state index in [1.54, 1.807) is 0 Å². The first kappa shape index (κ1) is 11.3. The van der Waals surface area contributed by atoms with Gasteiger partial charge in [0.1, 0.15) is 0 Å². The Labute approximate surface area is 64.7 Å². The van der Waals surface area contributed by atoms with E-state index >= 15 is 0 Å². The minimum atomic E-state index is -5.80. The maximum atomic E-state index is 12.0. The van der Waals surface area contributed by atoms with Gasteiger partial charge >= 0.3 is 12.1 Å². The van der Waals surface area contributed by atoms with Gasteiger partial charge in [-0.1, -0.05) is 0 Å². The molecule has 0 saturated heterocycles. The molecular formula is C5H6F5NO. The maximum absolute atomic E-state index is 12.0. The summed E-state index contributed by atoms with van der Waals surface area (Å²) in [7, 11) is 1.10. The van der Waals surface area contributed by atoms with Crippen LogP contribution >= 0.6 is 0 Å². The number of carbonyl (C=O) groups is 1. The number of hydrogen-bond donors (Lipinski definition) is 1. The summed E-state index contributed by atoms with van der Waals surface area (Å²) in [4.78, 5) is 10.2. The molecule has 0 saturated carbocycles. The smallest absolute Gasteiger partial charge is 0.313 e. The van der Waals surface area contributed by atoms with Crippen molar-refractivity contribution in [1.29, 1.82) is 0 Å². The average molecular weight is 191 g/mol. The Morgan fingerprint density at radius 1 is 1.25 bits per heavy atom. The van der Waals surface area contributed by atoms with E-state index in [1.165, 1.54) is 0 Å². The molecule has 0 amide bonds. The largest absolute Gasteiger partial charge is 0.461 e. The van der Waals surface area contributed by atoms with Crippen LogP contribution in [0.25, 0.3) is 0 Å². The molecule has 0 unspecified atom stereocenters. The van der Waals surface area contributed by atoms with Gasteiger partial charge in [-0.2, -0.15) is 22.0 Å².